The summed E-state index contributed by atoms with van der Waals surface area (Å²) in [7, 11) is 0. The molecule has 0 saturated carbocycles. The van der Waals surface area contributed by atoms with Crippen LogP contribution in [0, 0.1) is 30.9 Å². The SMILES string of the molecule is CCc1c(C)sc2ncn3nc(CCn4nc(C)c([N+](=O)[O-])c4C)nc3c12. The van der Waals surface area contributed by atoms with E-state index in [1.807, 2.05) is 0 Å². The quantitative estimate of drug-likeness (QED) is 0.386. The second kappa shape index (κ2) is 6.38. The molecule has 140 valence electrons. The molecule has 4 aromatic rings. The molecule has 0 aromatic carbocycles. The molecule has 0 atom stereocenters. The number of aromatic nitrogens is 6. The molecule has 0 spiro atoms. The molecule has 4 heterocycles. The highest BCUT2D eigenvalue weighted by molar-refractivity contribution is 7.18. The van der Waals surface area contributed by atoms with E-state index in [1.165, 1.54) is 10.4 Å². The fraction of sp³-hybridized carbons (Fsp3) is 0.412. The molecule has 0 saturated heterocycles. The van der Waals surface area contributed by atoms with Crippen LogP contribution in [0.2, 0.25) is 0 Å². The third-order valence-electron chi connectivity index (χ3n) is 4.80. The highest BCUT2D eigenvalue weighted by atomic mass is 32.1. The van der Waals surface area contributed by atoms with Gasteiger partial charge < -0.3 is 0 Å². The molecule has 0 radical (unpaired) electrons. The van der Waals surface area contributed by atoms with E-state index in [1.54, 1.807) is 40.7 Å². The maximum atomic E-state index is 11.2. The van der Waals surface area contributed by atoms with Crippen molar-refractivity contribution in [3.8, 4) is 0 Å². The highest BCUT2D eigenvalue weighted by Gasteiger charge is 2.22. The van der Waals surface area contributed by atoms with Crippen molar-refractivity contribution in [2.45, 2.75) is 47.1 Å². The first kappa shape index (κ1) is 17.5. The summed E-state index contributed by atoms with van der Waals surface area (Å²) in [5, 5.41) is 21.0. The predicted molar refractivity (Wildman–Crippen MR) is 102 cm³/mol. The summed E-state index contributed by atoms with van der Waals surface area (Å²) in [6, 6.07) is 0. The number of nitro groups is 1. The van der Waals surface area contributed by atoms with Gasteiger partial charge in [0.1, 0.15) is 22.5 Å². The maximum Gasteiger partial charge on any atom is 0.312 e. The second-order valence-electron chi connectivity index (χ2n) is 6.46. The molecule has 9 nitrogen and oxygen atoms in total. The monoisotopic (exact) mass is 385 g/mol. The first-order chi connectivity index (χ1) is 12.9. The molecule has 4 rings (SSSR count). The molecule has 0 aliphatic rings. The van der Waals surface area contributed by atoms with Gasteiger partial charge in [0.2, 0.25) is 0 Å². The number of hydrogen-bond donors (Lipinski definition) is 0. The van der Waals surface area contributed by atoms with Crippen molar-refractivity contribution in [1.82, 2.24) is 29.4 Å². The number of thiophene rings is 1. The molecular weight excluding hydrogens is 366 g/mol. The fourth-order valence-corrected chi connectivity index (χ4v) is 4.59. The Bertz CT molecular complexity index is 1190. The Balaban J connectivity index is 1.69. The van der Waals surface area contributed by atoms with Gasteiger partial charge in [-0.3, -0.25) is 14.8 Å². The van der Waals surface area contributed by atoms with E-state index >= 15 is 0 Å². The van der Waals surface area contributed by atoms with Crippen molar-refractivity contribution in [2.24, 2.45) is 0 Å². The van der Waals surface area contributed by atoms with E-state index in [4.69, 9.17) is 4.98 Å². The highest BCUT2D eigenvalue weighted by Crippen LogP contribution is 2.32. The predicted octanol–water partition coefficient (Wildman–Crippen LogP) is 3.17. The van der Waals surface area contributed by atoms with E-state index in [0.717, 1.165) is 22.3 Å². The van der Waals surface area contributed by atoms with Crippen LogP contribution in [0.3, 0.4) is 0 Å². The largest absolute Gasteiger partial charge is 0.312 e. The standard InChI is InChI=1S/C17H19N7O2S/c1-5-12-11(4)27-17-14(12)16-19-13(21-23(16)8-18-17)6-7-22-10(3)15(24(25)26)9(2)20-22/h8H,5-7H2,1-4H3. The average molecular weight is 385 g/mol. The van der Waals surface area contributed by atoms with Gasteiger partial charge >= 0.3 is 5.69 Å². The van der Waals surface area contributed by atoms with Crippen LogP contribution in [-0.2, 0) is 19.4 Å². The lowest BCUT2D eigenvalue weighted by Crippen LogP contribution is -2.06. The maximum absolute atomic E-state index is 11.2. The molecule has 0 unspecified atom stereocenters. The van der Waals surface area contributed by atoms with Crippen molar-refractivity contribution in [3.05, 3.63) is 44.1 Å². The van der Waals surface area contributed by atoms with Crippen LogP contribution in [0.4, 0.5) is 5.69 Å². The molecule has 27 heavy (non-hydrogen) atoms. The molecule has 0 fully saturated rings. The zero-order valence-corrected chi connectivity index (χ0v) is 16.4. The number of hydrogen-bond acceptors (Lipinski definition) is 7. The Morgan fingerprint density at radius 1 is 1.26 bits per heavy atom. The van der Waals surface area contributed by atoms with Crippen molar-refractivity contribution >= 4 is 32.9 Å². The van der Waals surface area contributed by atoms with Crippen LogP contribution in [0.1, 0.15) is 34.6 Å². The van der Waals surface area contributed by atoms with Gasteiger partial charge in [-0.25, -0.2) is 14.5 Å². The van der Waals surface area contributed by atoms with Gasteiger partial charge in [0.05, 0.1) is 10.3 Å². The topological polar surface area (TPSA) is 104 Å². The molecule has 0 aliphatic carbocycles. The van der Waals surface area contributed by atoms with Gasteiger partial charge in [-0.15, -0.1) is 16.4 Å². The average Bonchev–Trinajstić information content (AvgIpc) is 3.24. The minimum Gasteiger partial charge on any atom is -0.262 e. The lowest BCUT2D eigenvalue weighted by atomic mass is 10.1. The van der Waals surface area contributed by atoms with Gasteiger partial charge in [0.15, 0.2) is 11.5 Å². The van der Waals surface area contributed by atoms with Crippen LogP contribution in [-0.4, -0.2) is 34.3 Å². The Morgan fingerprint density at radius 2 is 2.04 bits per heavy atom. The van der Waals surface area contributed by atoms with Crippen LogP contribution in [0.15, 0.2) is 6.33 Å². The lowest BCUT2D eigenvalue weighted by Gasteiger charge is -2.00. The summed E-state index contributed by atoms with van der Waals surface area (Å²) >= 11 is 1.68. The summed E-state index contributed by atoms with van der Waals surface area (Å²) in [5.74, 6) is 0.672. The number of aryl methyl sites for hydroxylation is 5. The van der Waals surface area contributed by atoms with Crippen molar-refractivity contribution in [3.63, 3.8) is 0 Å². The Labute approximate surface area is 158 Å². The minimum absolute atomic E-state index is 0.0743. The first-order valence-corrected chi connectivity index (χ1v) is 9.53. The molecular formula is C17H19N7O2S. The molecule has 0 bridgehead atoms. The zero-order valence-electron chi connectivity index (χ0n) is 15.6. The Hall–Kier alpha value is -2.88. The van der Waals surface area contributed by atoms with E-state index in [0.29, 0.717) is 30.2 Å². The van der Waals surface area contributed by atoms with Gasteiger partial charge in [0.25, 0.3) is 0 Å². The summed E-state index contributed by atoms with van der Waals surface area (Å²) in [5.41, 5.74) is 3.13. The molecule has 0 aliphatic heterocycles. The Morgan fingerprint density at radius 3 is 2.70 bits per heavy atom. The third kappa shape index (κ3) is 2.76. The molecule has 4 aromatic heterocycles. The molecule has 0 amide bonds. The number of fused-ring (bicyclic) bond motifs is 3. The van der Waals surface area contributed by atoms with Crippen LogP contribution in [0.5, 0.6) is 0 Å². The van der Waals surface area contributed by atoms with Crippen LogP contribution >= 0.6 is 11.3 Å². The van der Waals surface area contributed by atoms with E-state index in [-0.39, 0.29) is 10.6 Å². The number of nitrogens with zero attached hydrogens (tertiary/aromatic N) is 7. The first-order valence-electron chi connectivity index (χ1n) is 8.71. The molecule has 10 heteroatoms. The third-order valence-corrected chi connectivity index (χ3v) is 5.86. The van der Waals surface area contributed by atoms with Crippen molar-refractivity contribution in [2.75, 3.05) is 0 Å². The van der Waals surface area contributed by atoms with Gasteiger partial charge in [-0.05, 0) is 32.8 Å². The molecule has 0 N–H and O–H groups in total. The second-order valence-corrected chi connectivity index (χ2v) is 7.66. The van der Waals surface area contributed by atoms with Gasteiger partial charge in [0, 0.05) is 17.8 Å². The van der Waals surface area contributed by atoms with Gasteiger partial charge in [-0.1, -0.05) is 6.92 Å². The van der Waals surface area contributed by atoms with Crippen molar-refractivity contribution in [1.29, 1.82) is 0 Å². The smallest absolute Gasteiger partial charge is 0.262 e. The van der Waals surface area contributed by atoms with Crippen molar-refractivity contribution < 1.29 is 4.92 Å². The van der Waals surface area contributed by atoms with E-state index in [2.05, 4.69) is 29.0 Å². The zero-order chi connectivity index (χ0) is 19.3. The lowest BCUT2D eigenvalue weighted by molar-refractivity contribution is -0.386. The minimum atomic E-state index is -0.384. The van der Waals surface area contributed by atoms with E-state index in [9.17, 15) is 10.1 Å². The van der Waals surface area contributed by atoms with E-state index < -0.39 is 0 Å². The summed E-state index contributed by atoms with van der Waals surface area (Å²) in [6.45, 7) is 8.08. The normalized spacial score (nSPS) is 11.7. The van der Waals surface area contributed by atoms with Gasteiger partial charge in [-0.2, -0.15) is 5.10 Å². The Kier molecular flexibility index (Phi) is 4.14. The fourth-order valence-electron chi connectivity index (χ4n) is 3.52. The number of rotatable bonds is 5. The van der Waals surface area contributed by atoms with Crippen LogP contribution < -0.4 is 0 Å². The summed E-state index contributed by atoms with van der Waals surface area (Å²) in [6.07, 6.45) is 3.15. The summed E-state index contributed by atoms with van der Waals surface area (Å²) < 4.78 is 3.37. The summed E-state index contributed by atoms with van der Waals surface area (Å²) in [4.78, 5) is 22.2. The van der Waals surface area contributed by atoms with Crippen LogP contribution in [0.25, 0.3) is 15.9 Å².